The molecule has 1 aromatic carbocycles. The minimum Gasteiger partial charge on any atom is -0.404 e. The van der Waals surface area contributed by atoms with Crippen LogP contribution in [0.1, 0.15) is 50.8 Å². The van der Waals surface area contributed by atoms with Crippen molar-refractivity contribution < 1.29 is 42.5 Å². The molecule has 0 unspecified atom stereocenters. The maximum atomic E-state index is 12.3. The first-order valence-corrected chi connectivity index (χ1v) is 11.2. The maximum Gasteiger partial charge on any atom is 0.524 e. The van der Waals surface area contributed by atoms with Crippen molar-refractivity contribution >= 4 is 21.4 Å². The molecule has 0 bridgehead atoms. The first kappa shape index (κ1) is 23.8. The Morgan fingerprint density at radius 2 is 1.56 bits per heavy atom. The molecule has 0 atom stereocenters. The van der Waals surface area contributed by atoms with E-state index in [1.54, 1.807) is 27.7 Å². The van der Waals surface area contributed by atoms with Gasteiger partial charge in [-0.1, -0.05) is 27.7 Å². The number of phosphoric acid groups is 2. The normalized spacial score (nSPS) is 13.0. The average Bonchev–Trinajstić information content (AvgIpc) is 2.39. The van der Waals surface area contributed by atoms with E-state index in [9.17, 15) is 23.7 Å². The molecule has 27 heavy (non-hydrogen) atoms. The first-order valence-electron chi connectivity index (χ1n) is 8.12. The predicted octanol–water partition coefficient (Wildman–Crippen LogP) is 3.14. The Morgan fingerprint density at radius 3 is 1.96 bits per heavy atom. The topological polar surface area (TPSA) is 151 Å². The van der Waals surface area contributed by atoms with Crippen molar-refractivity contribution in [1.29, 1.82) is 0 Å². The fraction of sp³-hybridized carbons (Fsp3) is 0.562. The molecule has 0 aliphatic heterocycles. The van der Waals surface area contributed by atoms with E-state index in [-0.39, 0.29) is 46.3 Å². The van der Waals surface area contributed by atoms with Gasteiger partial charge in [-0.2, -0.15) is 0 Å². The molecule has 0 radical (unpaired) electrons. The highest BCUT2D eigenvalue weighted by Crippen LogP contribution is 2.50. The van der Waals surface area contributed by atoms with E-state index in [0.717, 1.165) is 0 Å². The first-order chi connectivity index (χ1) is 11.9. The number of aryl methyl sites for hydroxylation is 1. The monoisotopic (exact) mass is 424 g/mol. The maximum absolute atomic E-state index is 12.3. The molecule has 0 fully saturated rings. The van der Waals surface area contributed by atoms with Gasteiger partial charge in [-0.15, -0.1) is 0 Å². The van der Waals surface area contributed by atoms with Gasteiger partial charge in [-0.25, -0.2) is 9.13 Å². The van der Waals surface area contributed by atoms with Crippen molar-refractivity contribution in [2.24, 2.45) is 5.92 Å². The van der Waals surface area contributed by atoms with Crippen LogP contribution < -0.4 is 9.05 Å². The summed E-state index contributed by atoms with van der Waals surface area (Å²) in [7, 11) is -9.79. The van der Waals surface area contributed by atoms with Crippen LogP contribution in [0, 0.1) is 19.8 Å². The van der Waals surface area contributed by atoms with Gasteiger partial charge in [0.05, 0.1) is 0 Å². The van der Waals surface area contributed by atoms with Crippen LogP contribution in [0.5, 0.6) is 11.5 Å². The van der Waals surface area contributed by atoms with Crippen LogP contribution in [0.3, 0.4) is 0 Å². The number of rotatable bonds is 8. The molecular formula is C16H26O9P2. The summed E-state index contributed by atoms with van der Waals surface area (Å²) in [5, 5.41) is 0. The summed E-state index contributed by atoms with van der Waals surface area (Å²) < 4.78 is 32.3. The van der Waals surface area contributed by atoms with Gasteiger partial charge in [0.25, 0.3) is 0 Å². The van der Waals surface area contributed by atoms with Crippen molar-refractivity contribution in [1.82, 2.24) is 0 Å². The van der Waals surface area contributed by atoms with E-state index < -0.39 is 21.1 Å². The molecule has 0 aliphatic carbocycles. The summed E-state index contributed by atoms with van der Waals surface area (Å²) in [5.74, 6) is -0.633. The zero-order chi connectivity index (χ0) is 21.4. The Hall–Kier alpha value is -1.21. The molecule has 9 nitrogen and oxygen atoms in total. The summed E-state index contributed by atoms with van der Waals surface area (Å²) in [4.78, 5) is 49.1. The second-order valence-electron chi connectivity index (χ2n) is 7.37. The second-order valence-corrected chi connectivity index (χ2v) is 9.69. The van der Waals surface area contributed by atoms with Crippen molar-refractivity contribution in [2.45, 2.75) is 53.4 Å². The molecule has 0 amide bonds. The summed E-state index contributed by atoms with van der Waals surface area (Å²) in [6.45, 7) is 9.77. The van der Waals surface area contributed by atoms with E-state index in [4.69, 9.17) is 18.8 Å². The zero-order valence-corrected chi connectivity index (χ0v) is 17.9. The van der Waals surface area contributed by atoms with Crippen LogP contribution >= 0.6 is 15.6 Å². The quantitative estimate of drug-likeness (QED) is 0.461. The molecule has 1 rings (SSSR count). The van der Waals surface area contributed by atoms with Crippen molar-refractivity contribution in [3.8, 4) is 11.5 Å². The summed E-state index contributed by atoms with van der Waals surface area (Å²) in [6.07, 6.45) is 0.0292. The molecule has 0 heterocycles. The Labute approximate surface area is 158 Å². The molecule has 1 aromatic rings. The molecule has 0 saturated carbocycles. The highest BCUT2D eigenvalue weighted by molar-refractivity contribution is 7.47. The van der Waals surface area contributed by atoms with Crippen LogP contribution in [0.15, 0.2) is 6.07 Å². The van der Waals surface area contributed by atoms with Crippen molar-refractivity contribution in [2.75, 3.05) is 0 Å². The molecule has 154 valence electrons. The van der Waals surface area contributed by atoms with E-state index in [1.807, 2.05) is 0 Å². The van der Waals surface area contributed by atoms with E-state index in [0.29, 0.717) is 0 Å². The predicted molar refractivity (Wildman–Crippen MR) is 98.7 cm³/mol. The summed E-state index contributed by atoms with van der Waals surface area (Å²) >= 11 is 0. The van der Waals surface area contributed by atoms with Gasteiger partial charge >= 0.3 is 15.6 Å². The third kappa shape index (κ3) is 6.71. The van der Waals surface area contributed by atoms with Crippen LogP contribution in [-0.2, 0) is 19.3 Å². The lowest BCUT2D eigenvalue weighted by Crippen LogP contribution is -2.26. The van der Waals surface area contributed by atoms with E-state index >= 15 is 0 Å². The number of carbonyl (C=O) groups is 1. The fourth-order valence-electron chi connectivity index (χ4n) is 2.96. The highest BCUT2D eigenvalue weighted by Gasteiger charge is 2.35. The van der Waals surface area contributed by atoms with Crippen LogP contribution in [0.25, 0.3) is 0 Å². The fourth-order valence-corrected chi connectivity index (χ4v) is 3.88. The van der Waals surface area contributed by atoms with Crippen LogP contribution in [0.2, 0.25) is 0 Å². The molecular weight excluding hydrogens is 398 g/mol. The van der Waals surface area contributed by atoms with Gasteiger partial charge in [-0.3, -0.25) is 24.4 Å². The largest absolute Gasteiger partial charge is 0.524 e. The smallest absolute Gasteiger partial charge is 0.404 e. The Kier molecular flexibility index (Phi) is 7.09. The van der Waals surface area contributed by atoms with Gasteiger partial charge in [0, 0.05) is 23.3 Å². The van der Waals surface area contributed by atoms with Crippen LogP contribution in [-0.4, -0.2) is 25.4 Å². The average molecular weight is 424 g/mol. The van der Waals surface area contributed by atoms with E-state index in [2.05, 4.69) is 0 Å². The third-order valence-corrected chi connectivity index (χ3v) is 4.89. The lowest BCUT2D eigenvalue weighted by Gasteiger charge is -2.31. The molecule has 0 aliphatic rings. The standard InChI is InChI=1S/C16H26O9P2/c1-9(2)12(17)8-16(5,6)14-11(4)15(25-27(21,22)23)10(3)7-13(14)24-26(18,19)20/h7,9H,8H2,1-6H3,(H2,18,19,20)(H2,21,22,23). The Morgan fingerprint density at radius 1 is 1.07 bits per heavy atom. The van der Waals surface area contributed by atoms with Gasteiger partial charge in [-0.05, 0) is 31.0 Å². The molecule has 0 saturated heterocycles. The SMILES string of the molecule is Cc1cc(OP(=O)(O)O)c(C(C)(C)CC(=O)C(C)C)c(C)c1OP(=O)(O)O. The molecule has 4 N–H and O–H groups in total. The van der Waals surface area contributed by atoms with Gasteiger partial charge in [0.2, 0.25) is 0 Å². The minimum atomic E-state index is -4.91. The molecule has 0 spiro atoms. The number of carbonyl (C=O) groups excluding carboxylic acids is 1. The summed E-state index contributed by atoms with van der Waals surface area (Å²) in [6, 6.07) is 1.23. The highest BCUT2D eigenvalue weighted by atomic mass is 31.2. The van der Waals surface area contributed by atoms with Gasteiger partial charge in [0.1, 0.15) is 17.3 Å². The lowest BCUT2D eigenvalue weighted by molar-refractivity contribution is -0.122. The number of hydrogen-bond acceptors (Lipinski definition) is 5. The zero-order valence-electron chi connectivity index (χ0n) is 16.1. The lowest BCUT2D eigenvalue weighted by atomic mass is 9.75. The second kappa shape index (κ2) is 8.03. The van der Waals surface area contributed by atoms with Crippen LogP contribution in [0.4, 0.5) is 0 Å². The number of phosphoric ester groups is 2. The number of benzene rings is 1. The Balaban J connectivity index is 3.69. The van der Waals surface area contributed by atoms with Gasteiger partial charge in [0.15, 0.2) is 0 Å². The number of ketones is 1. The summed E-state index contributed by atoms with van der Waals surface area (Å²) in [5.41, 5.74) is -0.275. The Bertz CT molecular complexity index is 818. The third-order valence-electron chi connectivity index (χ3n) is 4.03. The molecule has 0 aromatic heterocycles. The van der Waals surface area contributed by atoms with Crippen molar-refractivity contribution in [3.05, 3.63) is 22.8 Å². The number of Topliss-reactive ketones (excluding diaryl/α,β-unsaturated/α-hetero) is 1. The van der Waals surface area contributed by atoms with Crippen molar-refractivity contribution in [3.63, 3.8) is 0 Å². The van der Waals surface area contributed by atoms with E-state index in [1.165, 1.54) is 19.9 Å². The number of hydrogen-bond donors (Lipinski definition) is 4. The molecule has 11 heteroatoms. The van der Waals surface area contributed by atoms with Gasteiger partial charge < -0.3 is 9.05 Å². The minimum absolute atomic E-state index is 0.0292.